The second kappa shape index (κ2) is 6.61. The maximum atomic E-state index is 12.9. The molecule has 1 aliphatic heterocycles. The third kappa shape index (κ3) is 3.04. The summed E-state index contributed by atoms with van der Waals surface area (Å²) in [5.41, 5.74) is 2.88. The number of nitrogens with one attached hydrogen (secondary N) is 1. The molecule has 5 nitrogen and oxygen atoms in total. The number of Topliss-reactive ketones (excluding diaryl/α,β-unsaturated/α-hetero) is 1. The lowest BCUT2D eigenvalue weighted by atomic mass is 9.81. The van der Waals surface area contributed by atoms with Gasteiger partial charge < -0.3 is 5.32 Å². The standard InChI is InChI=1S/C18H19BrN4OS/c1-3-25-18-21-17-20-13-7-10(2)8-14(24)15(13)16(23(17)22-18)11-5-4-6-12(19)9-11/h4-6,9-10,16H,3,7-8H2,1-2H3,(H,20,21,22)/t10-,16+/m0/s1. The summed E-state index contributed by atoms with van der Waals surface area (Å²) in [5.74, 6) is 2.19. The van der Waals surface area contributed by atoms with Crippen molar-refractivity contribution in [2.45, 2.75) is 37.9 Å². The van der Waals surface area contributed by atoms with E-state index in [1.165, 1.54) is 0 Å². The maximum absolute atomic E-state index is 12.9. The van der Waals surface area contributed by atoms with Crippen molar-refractivity contribution in [3.05, 3.63) is 45.6 Å². The number of anilines is 1. The Kier molecular flexibility index (Phi) is 4.45. The molecule has 7 heteroatoms. The van der Waals surface area contributed by atoms with E-state index in [0.717, 1.165) is 44.6 Å². The highest BCUT2D eigenvalue weighted by Crippen LogP contribution is 2.42. The minimum Gasteiger partial charge on any atom is -0.328 e. The third-order valence-electron chi connectivity index (χ3n) is 4.54. The van der Waals surface area contributed by atoms with Gasteiger partial charge in [-0.3, -0.25) is 4.79 Å². The number of allylic oxidation sites excluding steroid dienone is 2. The topological polar surface area (TPSA) is 59.8 Å². The van der Waals surface area contributed by atoms with Gasteiger partial charge in [-0.15, -0.1) is 5.10 Å². The smallest absolute Gasteiger partial charge is 0.227 e. The van der Waals surface area contributed by atoms with Crippen LogP contribution in [0.15, 0.2) is 45.2 Å². The van der Waals surface area contributed by atoms with Crippen LogP contribution in [-0.2, 0) is 4.79 Å². The Bertz CT molecular complexity index is 876. The number of benzene rings is 1. The lowest BCUT2D eigenvalue weighted by Gasteiger charge is -2.34. The van der Waals surface area contributed by atoms with Crippen LogP contribution in [0.3, 0.4) is 0 Å². The summed E-state index contributed by atoms with van der Waals surface area (Å²) in [7, 11) is 0. The highest BCUT2D eigenvalue weighted by molar-refractivity contribution is 9.10. The van der Waals surface area contributed by atoms with E-state index >= 15 is 0 Å². The van der Waals surface area contributed by atoms with E-state index in [1.807, 2.05) is 16.8 Å². The molecular formula is C18H19BrN4OS. The van der Waals surface area contributed by atoms with Crippen molar-refractivity contribution < 1.29 is 4.79 Å². The number of fused-ring (bicyclic) bond motifs is 1. The molecule has 0 spiro atoms. The van der Waals surface area contributed by atoms with Gasteiger partial charge in [0.25, 0.3) is 0 Å². The summed E-state index contributed by atoms with van der Waals surface area (Å²) < 4.78 is 2.86. The fraction of sp³-hybridized carbons (Fsp3) is 0.389. The number of halogens is 1. The van der Waals surface area contributed by atoms with E-state index in [-0.39, 0.29) is 11.8 Å². The average Bonchev–Trinajstić information content (AvgIpc) is 2.95. The number of aromatic nitrogens is 3. The zero-order valence-corrected chi connectivity index (χ0v) is 16.5. The first kappa shape index (κ1) is 16.8. The van der Waals surface area contributed by atoms with Crippen LogP contribution in [0.25, 0.3) is 0 Å². The predicted octanol–water partition coefficient (Wildman–Crippen LogP) is 4.42. The predicted molar refractivity (Wildman–Crippen MR) is 103 cm³/mol. The van der Waals surface area contributed by atoms with E-state index in [4.69, 9.17) is 0 Å². The molecule has 1 aromatic heterocycles. The molecule has 130 valence electrons. The second-order valence-corrected chi connectivity index (χ2v) is 8.65. The highest BCUT2D eigenvalue weighted by Gasteiger charge is 2.38. The van der Waals surface area contributed by atoms with Crippen LogP contribution in [0.5, 0.6) is 0 Å². The van der Waals surface area contributed by atoms with E-state index in [1.54, 1.807) is 11.8 Å². The fourth-order valence-electron chi connectivity index (χ4n) is 3.56. The molecule has 0 saturated carbocycles. The maximum Gasteiger partial charge on any atom is 0.227 e. The molecule has 4 rings (SSSR count). The minimum atomic E-state index is -0.220. The van der Waals surface area contributed by atoms with Gasteiger partial charge in [0.05, 0.1) is 0 Å². The van der Waals surface area contributed by atoms with Gasteiger partial charge in [0, 0.05) is 22.2 Å². The highest BCUT2D eigenvalue weighted by atomic mass is 79.9. The Morgan fingerprint density at radius 1 is 1.40 bits per heavy atom. The van der Waals surface area contributed by atoms with Gasteiger partial charge in [0.1, 0.15) is 6.04 Å². The second-order valence-electron chi connectivity index (χ2n) is 6.51. The van der Waals surface area contributed by atoms with Crippen LogP contribution < -0.4 is 5.32 Å². The number of rotatable bonds is 3. The number of thioether (sulfide) groups is 1. The van der Waals surface area contributed by atoms with Gasteiger partial charge in [-0.25, -0.2) is 4.68 Å². The van der Waals surface area contributed by atoms with Crippen molar-refractivity contribution in [1.82, 2.24) is 14.8 Å². The van der Waals surface area contributed by atoms with Crippen molar-refractivity contribution in [3.63, 3.8) is 0 Å². The van der Waals surface area contributed by atoms with Gasteiger partial charge in [-0.2, -0.15) is 4.98 Å². The zero-order chi connectivity index (χ0) is 17.6. The molecule has 0 bridgehead atoms. The van der Waals surface area contributed by atoms with Gasteiger partial charge in [-0.1, -0.05) is 53.7 Å². The van der Waals surface area contributed by atoms with Gasteiger partial charge >= 0.3 is 0 Å². The summed E-state index contributed by atoms with van der Waals surface area (Å²) in [6.07, 6.45) is 1.46. The van der Waals surface area contributed by atoms with E-state index in [9.17, 15) is 4.79 Å². The normalized spacial score (nSPS) is 22.4. The van der Waals surface area contributed by atoms with E-state index in [2.05, 4.69) is 57.3 Å². The number of carbonyl (C=O) groups excluding carboxylic acids is 1. The summed E-state index contributed by atoms with van der Waals surface area (Å²) >= 11 is 5.15. The van der Waals surface area contributed by atoms with Crippen molar-refractivity contribution in [3.8, 4) is 0 Å². The largest absolute Gasteiger partial charge is 0.328 e. The molecule has 0 unspecified atom stereocenters. The Morgan fingerprint density at radius 2 is 2.24 bits per heavy atom. The van der Waals surface area contributed by atoms with E-state index in [0.29, 0.717) is 12.3 Å². The van der Waals surface area contributed by atoms with Gasteiger partial charge in [-0.05, 0) is 35.8 Å². The van der Waals surface area contributed by atoms with Crippen LogP contribution in [0.1, 0.15) is 38.3 Å². The fourth-order valence-corrected chi connectivity index (χ4v) is 4.53. The Morgan fingerprint density at radius 3 is 3.00 bits per heavy atom. The molecule has 1 N–H and O–H groups in total. The van der Waals surface area contributed by atoms with Crippen molar-refractivity contribution in [1.29, 1.82) is 0 Å². The first-order valence-electron chi connectivity index (χ1n) is 8.45. The van der Waals surface area contributed by atoms with E-state index < -0.39 is 0 Å². The molecule has 1 aromatic carbocycles. The molecule has 25 heavy (non-hydrogen) atoms. The number of nitrogens with zero attached hydrogens (tertiary/aromatic N) is 3. The van der Waals surface area contributed by atoms with Crippen molar-refractivity contribution in [2.75, 3.05) is 11.1 Å². The SMILES string of the molecule is CCSc1nc2n(n1)[C@H](c1cccc(Br)c1)C1=C(C[C@H](C)CC1=O)N2. The molecule has 2 heterocycles. The molecule has 2 aromatic rings. The number of ketones is 1. The number of hydrogen-bond donors (Lipinski definition) is 1. The van der Waals surface area contributed by atoms with Crippen LogP contribution in [-0.4, -0.2) is 26.3 Å². The first-order chi connectivity index (χ1) is 12.1. The van der Waals surface area contributed by atoms with Crippen LogP contribution in [0.2, 0.25) is 0 Å². The summed E-state index contributed by atoms with van der Waals surface area (Å²) in [4.78, 5) is 17.5. The first-order valence-corrected chi connectivity index (χ1v) is 10.2. The Balaban J connectivity index is 1.88. The lowest BCUT2D eigenvalue weighted by Crippen LogP contribution is -2.33. The molecule has 0 radical (unpaired) electrons. The Labute approximate surface area is 159 Å². The van der Waals surface area contributed by atoms with Gasteiger partial charge in [0.15, 0.2) is 5.78 Å². The molecule has 2 aliphatic rings. The molecule has 0 amide bonds. The number of carbonyl (C=O) groups is 1. The molecule has 1 aliphatic carbocycles. The van der Waals surface area contributed by atoms with Crippen molar-refractivity contribution in [2.24, 2.45) is 5.92 Å². The quantitative estimate of drug-likeness (QED) is 0.747. The summed E-state index contributed by atoms with van der Waals surface area (Å²) in [6, 6.07) is 7.88. The monoisotopic (exact) mass is 418 g/mol. The summed E-state index contributed by atoms with van der Waals surface area (Å²) in [6.45, 7) is 4.20. The Hall–Kier alpha value is -1.60. The summed E-state index contributed by atoms with van der Waals surface area (Å²) in [5, 5.41) is 8.79. The van der Waals surface area contributed by atoms with Gasteiger partial charge in [0.2, 0.25) is 11.1 Å². The zero-order valence-electron chi connectivity index (χ0n) is 14.1. The number of hydrogen-bond acceptors (Lipinski definition) is 5. The molecule has 2 atom stereocenters. The van der Waals surface area contributed by atoms with Crippen LogP contribution in [0.4, 0.5) is 5.95 Å². The lowest BCUT2D eigenvalue weighted by molar-refractivity contribution is -0.117. The molecule has 0 saturated heterocycles. The minimum absolute atomic E-state index is 0.206. The van der Waals surface area contributed by atoms with Crippen LogP contribution >= 0.6 is 27.7 Å². The molecular weight excluding hydrogens is 400 g/mol. The van der Waals surface area contributed by atoms with Crippen molar-refractivity contribution >= 4 is 39.4 Å². The third-order valence-corrected chi connectivity index (χ3v) is 5.76. The molecule has 0 fully saturated rings. The average molecular weight is 419 g/mol. The van der Waals surface area contributed by atoms with Crippen LogP contribution in [0, 0.1) is 5.92 Å².